The van der Waals surface area contributed by atoms with Gasteiger partial charge in [-0.15, -0.1) is 0 Å². The minimum atomic E-state index is 0.282. The first-order chi connectivity index (χ1) is 8.70. The zero-order valence-electron chi connectivity index (χ0n) is 11.5. The summed E-state index contributed by atoms with van der Waals surface area (Å²) in [7, 11) is 1.72. The van der Waals surface area contributed by atoms with E-state index in [0.29, 0.717) is 6.10 Å². The lowest BCUT2D eigenvalue weighted by atomic mass is 10.0. The Labute approximate surface area is 109 Å². The van der Waals surface area contributed by atoms with E-state index < -0.39 is 0 Å². The van der Waals surface area contributed by atoms with Crippen LogP contribution in [0, 0.1) is 6.92 Å². The average Bonchev–Trinajstić information content (AvgIpc) is 2.89. The van der Waals surface area contributed by atoms with Crippen LogP contribution in [0.15, 0.2) is 18.2 Å². The molecule has 0 aliphatic carbocycles. The normalized spacial score (nSPS) is 20.9. The van der Waals surface area contributed by atoms with Gasteiger partial charge in [-0.2, -0.15) is 0 Å². The molecule has 1 fully saturated rings. The molecule has 1 saturated heterocycles. The number of rotatable bonds is 5. The molecule has 0 spiro atoms. The number of hydrogen-bond donors (Lipinski definition) is 1. The summed E-state index contributed by atoms with van der Waals surface area (Å²) in [6.07, 6.45) is 2.74. The number of methoxy groups -OCH3 is 1. The van der Waals surface area contributed by atoms with Crippen molar-refractivity contribution in [2.75, 3.05) is 20.3 Å². The lowest BCUT2D eigenvalue weighted by molar-refractivity contribution is 0.108. The molecule has 1 aliphatic heterocycles. The largest absolute Gasteiger partial charge is 0.496 e. The number of benzene rings is 1. The first-order valence-electron chi connectivity index (χ1n) is 6.70. The average molecular weight is 249 g/mol. The summed E-state index contributed by atoms with van der Waals surface area (Å²) in [4.78, 5) is 0. The fourth-order valence-electron chi connectivity index (χ4n) is 2.42. The van der Waals surface area contributed by atoms with E-state index >= 15 is 0 Å². The quantitative estimate of drug-likeness (QED) is 0.870. The van der Waals surface area contributed by atoms with Crippen molar-refractivity contribution >= 4 is 0 Å². The third-order valence-corrected chi connectivity index (χ3v) is 3.53. The van der Waals surface area contributed by atoms with Crippen LogP contribution >= 0.6 is 0 Å². The molecule has 2 atom stereocenters. The van der Waals surface area contributed by atoms with Crippen LogP contribution in [0.2, 0.25) is 0 Å². The molecule has 0 bridgehead atoms. The van der Waals surface area contributed by atoms with Crippen molar-refractivity contribution in [2.24, 2.45) is 0 Å². The van der Waals surface area contributed by atoms with Crippen LogP contribution < -0.4 is 10.1 Å². The van der Waals surface area contributed by atoms with E-state index in [1.165, 1.54) is 24.0 Å². The Morgan fingerprint density at radius 1 is 1.50 bits per heavy atom. The van der Waals surface area contributed by atoms with Crippen LogP contribution in [0.5, 0.6) is 5.75 Å². The highest BCUT2D eigenvalue weighted by atomic mass is 16.5. The number of ether oxygens (including phenoxy) is 2. The second kappa shape index (κ2) is 6.21. The van der Waals surface area contributed by atoms with Gasteiger partial charge in [-0.1, -0.05) is 17.7 Å². The molecule has 2 unspecified atom stereocenters. The van der Waals surface area contributed by atoms with Gasteiger partial charge in [0.15, 0.2) is 0 Å². The Morgan fingerprint density at radius 2 is 2.33 bits per heavy atom. The smallest absolute Gasteiger partial charge is 0.123 e. The summed E-state index contributed by atoms with van der Waals surface area (Å²) in [6, 6.07) is 6.58. The van der Waals surface area contributed by atoms with Gasteiger partial charge in [-0.25, -0.2) is 0 Å². The number of nitrogens with one attached hydrogen (secondary N) is 1. The van der Waals surface area contributed by atoms with E-state index in [1.54, 1.807) is 7.11 Å². The van der Waals surface area contributed by atoms with Crippen molar-refractivity contribution in [3.05, 3.63) is 29.3 Å². The molecule has 1 N–H and O–H groups in total. The molecule has 0 aromatic heterocycles. The van der Waals surface area contributed by atoms with Gasteiger partial charge >= 0.3 is 0 Å². The van der Waals surface area contributed by atoms with E-state index in [9.17, 15) is 0 Å². The van der Waals surface area contributed by atoms with Crippen LogP contribution in [0.3, 0.4) is 0 Å². The standard InChI is InChI=1S/C15H23NO2/c1-11-6-7-15(17-3)14(9-11)12(2)16-10-13-5-4-8-18-13/h6-7,9,12-13,16H,4-5,8,10H2,1-3H3. The third kappa shape index (κ3) is 3.24. The second-order valence-corrected chi connectivity index (χ2v) is 5.01. The van der Waals surface area contributed by atoms with Crippen molar-refractivity contribution in [3.8, 4) is 5.75 Å². The molecule has 3 nitrogen and oxygen atoms in total. The summed E-state index contributed by atoms with van der Waals surface area (Å²) < 4.78 is 11.0. The first kappa shape index (κ1) is 13.4. The monoisotopic (exact) mass is 249 g/mol. The molecule has 0 amide bonds. The van der Waals surface area contributed by atoms with E-state index in [1.807, 2.05) is 6.07 Å². The molecule has 1 aliphatic rings. The van der Waals surface area contributed by atoms with Gasteiger partial charge in [0.05, 0.1) is 13.2 Å². The number of aryl methyl sites for hydroxylation is 1. The van der Waals surface area contributed by atoms with Crippen molar-refractivity contribution in [1.82, 2.24) is 5.32 Å². The van der Waals surface area contributed by atoms with Gasteiger partial charge < -0.3 is 14.8 Å². The second-order valence-electron chi connectivity index (χ2n) is 5.01. The Hall–Kier alpha value is -1.06. The Kier molecular flexibility index (Phi) is 4.61. The molecule has 1 aromatic rings. The highest BCUT2D eigenvalue weighted by Crippen LogP contribution is 2.26. The zero-order chi connectivity index (χ0) is 13.0. The van der Waals surface area contributed by atoms with E-state index in [2.05, 4.69) is 31.3 Å². The molecule has 18 heavy (non-hydrogen) atoms. The molecule has 100 valence electrons. The Morgan fingerprint density at radius 3 is 3.00 bits per heavy atom. The maximum atomic E-state index is 5.63. The summed E-state index contributed by atoms with van der Waals surface area (Å²) in [5, 5.41) is 3.54. The zero-order valence-corrected chi connectivity index (χ0v) is 11.5. The molecule has 3 heteroatoms. The lowest BCUT2D eigenvalue weighted by Crippen LogP contribution is -2.28. The van der Waals surface area contributed by atoms with Crippen LogP contribution in [0.25, 0.3) is 0 Å². The SMILES string of the molecule is COc1ccc(C)cc1C(C)NCC1CCCO1. The minimum Gasteiger partial charge on any atom is -0.496 e. The summed E-state index contributed by atoms with van der Waals surface area (Å²) in [5.74, 6) is 0.952. The predicted octanol–water partition coefficient (Wildman–Crippen LogP) is 2.83. The van der Waals surface area contributed by atoms with Gasteiger partial charge in [0, 0.05) is 24.8 Å². The van der Waals surface area contributed by atoms with E-state index in [4.69, 9.17) is 9.47 Å². The summed E-state index contributed by atoms with van der Waals surface area (Å²) >= 11 is 0. The van der Waals surface area contributed by atoms with Crippen LogP contribution in [-0.4, -0.2) is 26.4 Å². The molecular formula is C15H23NO2. The highest BCUT2D eigenvalue weighted by Gasteiger charge is 2.17. The number of hydrogen-bond acceptors (Lipinski definition) is 3. The Bertz CT molecular complexity index is 386. The Balaban J connectivity index is 1.98. The first-order valence-corrected chi connectivity index (χ1v) is 6.70. The molecule has 1 heterocycles. The fourth-order valence-corrected chi connectivity index (χ4v) is 2.42. The van der Waals surface area contributed by atoms with Gasteiger partial charge in [0.2, 0.25) is 0 Å². The third-order valence-electron chi connectivity index (χ3n) is 3.53. The molecule has 1 aromatic carbocycles. The summed E-state index contributed by atoms with van der Waals surface area (Å²) in [5.41, 5.74) is 2.48. The topological polar surface area (TPSA) is 30.5 Å². The van der Waals surface area contributed by atoms with Gasteiger partial charge in [-0.3, -0.25) is 0 Å². The lowest BCUT2D eigenvalue weighted by Gasteiger charge is -2.20. The van der Waals surface area contributed by atoms with Crippen molar-refractivity contribution in [2.45, 2.75) is 38.8 Å². The maximum absolute atomic E-state index is 5.63. The molecule has 0 radical (unpaired) electrons. The van der Waals surface area contributed by atoms with Crippen molar-refractivity contribution in [3.63, 3.8) is 0 Å². The molecule has 2 rings (SSSR count). The predicted molar refractivity (Wildman–Crippen MR) is 73.1 cm³/mol. The van der Waals surface area contributed by atoms with Gasteiger partial charge in [0.1, 0.15) is 5.75 Å². The van der Waals surface area contributed by atoms with Crippen LogP contribution in [0.4, 0.5) is 0 Å². The van der Waals surface area contributed by atoms with Crippen LogP contribution in [0.1, 0.15) is 36.9 Å². The van der Waals surface area contributed by atoms with Gasteiger partial charge in [0.25, 0.3) is 0 Å². The van der Waals surface area contributed by atoms with Gasteiger partial charge in [-0.05, 0) is 32.8 Å². The molecular weight excluding hydrogens is 226 g/mol. The maximum Gasteiger partial charge on any atom is 0.123 e. The van der Waals surface area contributed by atoms with E-state index in [0.717, 1.165) is 18.9 Å². The minimum absolute atomic E-state index is 0.282. The fraction of sp³-hybridized carbons (Fsp3) is 0.600. The van der Waals surface area contributed by atoms with Crippen LogP contribution in [-0.2, 0) is 4.74 Å². The van der Waals surface area contributed by atoms with Crippen molar-refractivity contribution in [1.29, 1.82) is 0 Å². The summed E-state index contributed by atoms with van der Waals surface area (Å²) in [6.45, 7) is 6.11. The highest BCUT2D eigenvalue weighted by molar-refractivity contribution is 5.38. The van der Waals surface area contributed by atoms with E-state index in [-0.39, 0.29) is 6.04 Å². The molecule has 0 saturated carbocycles. The van der Waals surface area contributed by atoms with Crippen molar-refractivity contribution < 1.29 is 9.47 Å².